The molecule has 0 aliphatic heterocycles. The van der Waals surface area contributed by atoms with Crippen LogP contribution in [0.2, 0.25) is 0 Å². The lowest BCUT2D eigenvalue weighted by Gasteiger charge is -2.22. The first-order chi connectivity index (χ1) is 12.5. The predicted molar refractivity (Wildman–Crippen MR) is 127 cm³/mol. The maximum absolute atomic E-state index is 11.1. The highest BCUT2D eigenvalue weighted by Crippen LogP contribution is 2.17. The summed E-state index contributed by atoms with van der Waals surface area (Å²) in [5.41, 5.74) is 3.24. The second-order valence-corrected chi connectivity index (χ2v) is 6.90. The largest absolute Gasteiger partial charge is 0.356 e. The first kappa shape index (κ1) is 23.4. The highest BCUT2D eigenvalue weighted by atomic mass is 127. The van der Waals surface area contributed by atoms with Crippen molar-refractivity contribution in [1.29, 1.82) is 0 Å². The van der Waals surface area contributed by atoms with Crippen LogP contribution in [0.1, 0.15) is 18.1 Å². The van der Waals surface area contributed by atoms with Gasteiger partial charge in [0.05, 0.1) is 0 Å². The van der Waals surface area contributed by atoms with Crippen molar-refractivity contribution in [2.24, 2.45) is 4.99 Å². The normalized spacial score (nSPS) is 10.7. The van der Waals surface area contributed by atoms with Crippen LogP contribution in [0.25, 0.3) is 0 Å². The Morgan fingerprint density at radius 3 is 2.41 bits per heavy atom. The van der Waals surface area contributed by atoms with Gasteiger partial charge < -0.3 is 15.5 Å². The number of rotatable bonds is 6. The van der Waals surface area contributed by atoms with Crippen LogP contribution in [-0.4, -0.2) is 37.4 Å². The number of anilines is 1. The maximum atomic E-state index is 11.1. The van der Waals surface area contributed by atoms with Gasteiger partial charge in [-0.25, -0.2) is 0 Å². The molecule has 2 aromatic carbocycles. The molecular weight excluding hydrogens is 519 g/mol. The molecule has 0 saturated heterocycles. The van der Waals surface area contributed by atoms with Crippen LogP contribution in [0.3, 0.4) is 0 Å². The van der Waals surface area contributed by atoms with E-state index in [0.717, 1.165) is 35.6 Å². The van der Waals surface area contributed by atoms with Gasteiger partial charge >= 0.3 is 0 Å². The monoisotopic (exact) mass is 544 g/mol. The summed E-state index contributed by atoms with van der Waals surface area (Å²) in [6, 6.07) is 16.1. The van der Waals surface area contributed by atoms with Crippen LogP contribution in [0.5, 0.6) is 0 Å². The minimum Gasteiger partial charge on any atom is -0.356 e. The summed E-state index contributed by atoms with van der Waals surface area (Å²) in [6.07, 6.45) is 0.877. The summed E-state index contributed by atoms with van der Waals surface area (Å²) >= 11 is 3.59. The van der Waals surface area contributed by atoms with E-state index in [-0.39, 0.29) is 29.9 Å². The fourth-order valence-corrected chi connectivity index (χ4v) is 3.03. The zero-order valence-electron chi connectivity index (χ0n) is 15.8. The fourth-order valence-electron chi connectivity index (χ4n) is 2.62. The number of carbonyl (C=O) groups excluding carboxylic acids is 1. The summed E-state index contributed by atoms with van der Waals surface area (Å²) in [5, 5.41) is 6.17. The van der Waals surface area contributed by atoms with Gasteiger partial charge in [0.2, 0.25) is 5.91 Å². The van der Waals surface area contributed by atoms with Crippen LogP contribution >= 0.6 is 39.9 Å². The number of aliphatic imine (C=N–C) groups is 1. The quantitative estimate of drug-likeness (QED) is 0.324. The second kappa shape index (κ2) is 12.0. The average Bonchev–Trinajstić information content (AvgIpc) is 2.61. The number of guanidine groups is 1. The Kier molecular flexibility index (Phi) is 10.4. The highest BCUT2D eigenvalue weighted by Gasteiger charge is 2.08. The number of carbonyl (C=O) groups is 1. The molecule has 146 valence electrons. The van der Waals surface area contributed by atoms with Gasteiger partial charge in [0.1, 0.15) is 0 Å². The number of nitrogens with one attached hydrogen (secondary N) is 2. The molecule has 2 aromatic rings. The Hall–Kier alpha value is -1.61. The standard InChI is InChI=1S/C20H25BrN4O.HI/c1-15(26)24-18-10-8-16(9-11-18)12-13-23-20(22-2)25(3)14-17-6-4-5-7-19(17)21;/h4-11H,12-14H2,1-3H3,(H,22,23)(H,24,26);1H. The van der Waals surface area contributed by atoms with Gasteiger partial charge in [-0.05, 0) is 35.7 Å². The Bertz CT molecular complexity index is 765. The van der Waals surface area contributed by atoms with Crippen molar-refractivity contribution in [3.8, 4) is 0 Å². The number of nitrogens with zero attached hydrogens (tertiary/aromatic N) is 2. The minimum atomic E-state index is -0.0590. The molecule has 7 heteroatoms. The molecule has 0 radical (unpaired) electrons. The van der Waals surface area contributed by atoms with E-state index in [1.807, 2.05) is 49.5 Å². The Morgan fingerprint density at radius 1 is 1.15 bits per heavy atom. The lowest BCUT2D eigenvalue weighted by molar-refractivity contribution is -0.114. The number of hydrogen-bond donors (Lipinski definition) is 2. The van der Waals surface area contributed by atoms with Crippen LogP contribution in [-0.2, 0) is 17.8 Å². The van der Waals surface area contributed by atoms with Crippen molar-refractivity contribution in [3.63, 3.8) is 0 Å². The van der Waals surface area contributed by atoms with Crippen LogP contribution < -0.4 is 10.6 Å². The molecule has 0 unspecified atom stereocenters. The average molecular weight is 545 g/mol. The number of benzene rings is 2. The van der Waals surface area contributed by atoms with Crippen molar-refractivity contribution >= 4 is 57.5 Å². The molecule has 5 nitrogen and oxygen atoms in total. The maximum Gasteiger partial charge on any atom is 0.221 e. The molecule has 0 heterocycles. The smallest absolute Gasteiger partial charge is 0.221 e. The number of amides is 1. The van der Waals surface area contributed by atoms with Crippen molar-refractivity contribution < 1.29 is 4.79 Å². The van der Waals surface area contributed by atoms with Gasteiger partial charge in [-0.1, -0.05) is 46.3 Å². The Balaban J connectivity index is 0.00000364. The molecule has 0 atom stereocenters. The topological polar surface area (TPSA) is 56.7 Å². The first-order valence-corrected chi connectivity index (χ1v) is 9.30. The predicted octanol–water partition coefficient (Wildman–Crippen LogP) is 4.28. The van der Waals surface area contributed by atoms with Gasteiger partial charge in [-0.15, -0.1) is 24.0 Å². The first-order valence-electron chi connectivity index (χ1n) is 8.51. The van der Waals surface area contributed by atoms with E-state index in [9.17, 15) is 4.79 Å². The van der Waals surface area contributed by atoms with Crippen LogP contribution in [0.15, 0.2) is 58.0 Å². The number of hydrogen-bond acceptors (Lipinski definition) is 2. The molecule has 0 fully saturated rings. The molecule has 1 amide bonds. The van der Waals surface area contributed by atoms with Gasteiger partial charge in [0, 0.05) is 44.3 Å². The fraction of sp³-hybridized carbons (Fsp3) is 0.300. The zero-order valence-corrected chi connectivity index (χ0v) is 19.7. The van der Waals surface area contributed by atoms with E-state index in [0.29, 0.717) is 0 Å². The summed E-state index contributed by atoms with van der Waals surface area (Å²) < 4.78 is 1.10. The van der Waals surface area contributed by atoms with E-state index in [2.05, 4.69) is 42.5 Å². The van der Waals surface area contributed by atoms with Crippen molar-refractivity contribution in [2.75, 3.05) is 26.0 Å². The van der Waals surface area contributed by atoms with Crippen molar-refractivity contribution in [1.82, 2.24) is 10.2 Å². The van der Waals surface area contributed by atoms with Gasteiger partial charge in [-0.3, -0.25) is 9.79 Å². The molecule has 0 aromatic heterocycles. The SMILES string of the molecule is CN=C(NCCc1ccc(NC(C)=O)cc1)N(C)Cc1ccccc1Br.I. The Morgan fingerprint density at radius 2 is 1.81 bits per heavy atom. The molecule has 0 aliphatic rings. The molecule has 0 aliphatic carbocycles. The molecule has 0 spiro atoms. The zero-order chi connectivity index (χ0) is 18.9. The minimum absolute atomic E-state index is 0. The van der Waals surface area contributed by atoms with Gasteiger partial charge in [0.25, 0.3) is 0 Å². The molecule has 27 heavy (non-hydrogen) atoms. The molecular formula is C20H26BrIN4O. The van der Waals surface area contributed by atoms with E-state index in [4.69, 9.17) is 0 Å². The summed E-state index contributed by atoms with van der Waals surface area (Å²) in [5.74, 6) is 0.798. The summed E-state index contributed by atoms with van der Waals surface area (Å²) in [4.78, 5) is 17.5. The molecule has 0 bridgehead atoms. The third-order valence-electron chi connectivity index (χ3n) is 3.91. The lowest BCUT2D eigenvalue weighted by Crippen LogP contribution is -2.39. The molecule has 2 rings (SSSR count). The van der Waals surface area contributed by atoms with Crippen molar-refractivity contribution in [3.05, 3.63) is 64.1 Å². The van der Waals surface area contributed by atoms with Crippen LogP contribution in [0, 0.1) is 0 Å². The summed E-state index contributed by atoms with van der Waals surface area (Å²) in [6.45, 7) is 3.06. The van der Waals surface area contributed by atoms with Gasteiger partial charge in [0.15, 0.2) is 5.96 Å². The second-order valence-electron chi connectivity index (χ2n) is 6.05. The van der Waals surface area contributed by atoms with E-state index in [1.165, 1.54) is 18.1 Å². The Labute approximate surface area is 186 Å². The lowest BCUT2D eigenvalue weighted by atomic mass is 10.1. The summed E-state index contributed by atoms with van der Waals surface area (Å²) in [7, 11) is 3.82. The van der Waals surface area contributed by atoms with E-state index in [1.54, 1.807) is 7.05 Å². The van der Waals surface area contributed by atoms with E-state index < -0.39 is 0 Å². The highest BCUT2D eigenvalue weighted by molar-refractivity contribution is 14.0. The van der Waals surface area contributed by atoms with Crippen molar-refractivity contribution in [2.45, 2.75) is 19.9 Å². The number of halogens is 2. The molecule has 2 N–H and O–H groups in total. The molecule has 0 saturated carbocycles. The van der Waals surface area contributed by atoms with E-state index >= 15 is 0 Å². The van der Waals surface area contributed by atoms with Crippen LogP contribution in [0.4, 0.5) is 5.69 Å². The third-order valence-corrected chi connectivity index (χ3v) is 4.68. The van der Waals surface area contributed by atoms with Gasteiger partial charge in [-0.2, -0.15) is 0 Å². The third kappa shape index (κ3) is 7.88.